The van der Waals surface area contributed by atoms with Crippen LogP contribution in [0.3, 0.4) is 0 Å². The average Bonchev–Trinajstić information content (AvgIpc) is 2.83. The maximum absolute atomic E-state index is 6.23. The highest BCUT2D eigenvalue weighted by Crippen LogP contribution is 2.45. The molecule has 1 unspecified atom stereocenters. The van der Waals surface area contributed by atoms with Gasteiger partial charge in [0.15, 0.2) is 0 Å². The van der Waals surface area contributed by atoms with E-state index in [1.54, 1.807) is 0 Å². The summed E-state index contributed by atoms with van der Waals surface area (Å²) in [6.07, 6.45) is 4.93. The summed E-state index contributed by atoms with van der Waals surface area (Å²) in [4.78, 5) is 0.320. The maximum atomic E-state index is 6.23. The van der Waals surface area contributed by atoms with Crippen LogP contribution in [0.15, 0.2) is 12.1 Å². The standard InChI is InChI=1S/C16H20BrClO2/c1-2-19-13-5-10(6-13)7-15(17)14-9-12(18)8-11-3-4-20-16(11)14/h8-10,13,15H,2-7H2,1H3. The number of rotatable bonds is 5. The number of fused-ring (bicyclic) bond motifs is 1. The summed E-state index contributed by atoms with van der Waals surface area (Å²) in [5.74, 6) is 1.80. The number of hydrogen-bond donors (Lipinski definition) is 0. The number of halogens is 2. The molecular formula is C16H20BrClO2. The molecular weight excluding hydrogens is 340 g/mol. The van der Waals surface area contributed by atoms with Gasteiger partial charge in [0.05, 0.1) is 12.7 Å². The lowest BCUT2D eigenvalue weighted by Crippen LogP contribution is -2.31. The molecule has 1 aliphatic heterocycles. The highest BCUT2D eigenvalue weighted by molar-refractivity contribution is 9.09. The van der Waals surface area contributed by atoms with Gasteiger partial charge in [-0.15, -0.1) is 0 Å². The van der Waals surface area contributed by atoms with Gasteiger partial charge in [-0.25, -0.2) is 0 Å². The lowest BCUT2D eigenvalue weighted by molar-refractivity contribution is -0.0264. The highest BCUT2D eigenvalue weighted by atomic mass is 79.9. The topological polar surface area (TPSA) is 18.5 Å². The largest absolute Gasteiger partial charge is 0.493 e. The smallest absolute Gasteiger partial charge is 0.127 e. The minimum Gasteiger partial charge on any atom is -0.493 e. The molecule has 3 rings (SSSR count). The van der Waals surface area contributed by atoms with Crippen molar-refractivity contribution < 1.29 is 9.47 Å². The van der Waals surface area contributed by atoms with Gasteiger partial charge in [0.1, 0.15) is 5.75 Å². The second-order valence-corrected chi connectivity index (χ2v) is 7.24. The molecule has 0 spiro atoms. The molecule has 110 valence electrons. The quantitative estimate of drug-likeness (QED) is 0.695. The third kappa shape index (κ3) is 3.00. The molecule has 2 aliphatic rings. The van der Waals surface area contributed by atoms with Crippen LogP contribution >= 0.6 is 27.5 Å². The van der Waals surface area contributed by atoms with Gasteiger partial charge in [0.25, 0.3) is 0 Å². The fourth-order valence-corrected chi connectivity index (χ4v) is 4.31. The van der Waals surface area contributed by atoms with Gasteiger partial charge in [-0.05, 0) is 49.8 Å². The Morgan fingerprint density at radius 2 is 2.25 bits per heavy atom. The molecule has 1 aliphatic carbocycles. The van der Waals surface area contributed by atoms with Crippen molar-refractivity contribution in [2.45, 2.75) is 43.5 Å². The zero-order chi connectivity index (χ0) is 14.1. The molecule has 1 atom stereocenters. The van der Waals surface area contributed by atoms with Gasteiger partial charge >= 0.3 is 0 Å². The number of hydrogen-bond acceptors (Lipinski definition) is 2. The Morgan fingerprint density at radius 3 is 3.00 bits per heavy atom. The third-order valence-corrected chi connectivity index (χ3v) is 5.33. The summed E-state index contributed by atoms with van der Waals surface area (Å²) >= 11 is 10.1. The van der Waals surface area contributed by atoms with Crippen LogP contribution in [0.1, 0.15) is 42.1 Å². The Kier molecular flexibility index (Phi) is 4.58. The lowest BCUT2D eigenvalue weighted by Gasteiger charge is -2.36. The lowest BCUT2D eigenvalue weighted by atomic mass is 9.78. The zero-order valence-electron chi connectivity index (χ0n) is 11.7. The molecule has 0 aromatic heterocycles. The SMILES string of the molecule is CCOC1CC(CC(Br)c2cc(Cl)cc3c2OCC3)C1. The van der Waals surface area contributed by atoms with Crippen molar-refractivity contribution in [2.24, 2.45) is 5.92 Å². The van der Waals surface area contributed by atoms with E-state index in [0.717, 1.165) is 42.7 Å². The van der Waals surface area contributed by atoms with Crippen molar-refractivity contribution in [3.63, 3.8) is 0 Å². The van der Waals surface area contributed by atoms with E-state index in [2.05, 4.69) is 22.9 Å². The van der Waals surface area contributed by atoms with Gasteiger partial charge in [-0.3, -0.25) is 0 Å². The molecule has 1 heterocycles. The Labute approximate surface area is 133 Å². The van der Waals surface area contributed by atoms with Gasteiger partial charge in [0, 0.05) is 28.4 Å². The van der Waals surface area contributed by atoms with E-state index in [1.807, 2.05) is 12.1 Å². The molecule has 1 fully saturated rings. The third-order valence-electron chi connectivity index (χ3n) is 4.25. The summed E-state index contributed by atoms with van der Waals surface area (Å²) in [5, 5.41) is 0.814. The fraction of sp³-hybridized carbons (Fsp3) is 0.625. The van der Waals surface area contributed by atoms with E-state index >= 15 is 0 Å². The molecule has 0 saturated heterocycles. The van der Waals surface area contributed by atoms with Crippen molar-refractivity contribution in [2.75, 3.05) is 13.2 Å². The van der Waals surface area contributed by atoms with E-state index in [9.17, 15) is 0 Å². The van der Waals surface area contributed by atoms with Crippen molar-refractivity contribution in [3.8, 4) is 5.75 Å². The van der Waals surface area contributed by atoms with Crippen molar-refractivity contribution in [1.82, 2.24) is 0 Å². The average molecular weight is 360 g/mol. The Bertz CT molecular complexity index is 486. The van der Waals surface area contributed by atoms with Crippen LogP contribution < -0.4 is 4.74 Å². The Morgan fingerprint density at radius 1 is 1.45 bits per heavy atom. The molecule has 1 saturated carbocycles. The van der Waals surface area contributed by atoms with E-state index in [-0.39, 0.29) is 0 Å². The molecule has 0 amide bonds. The number of benzene rings is 1. The molecule has 2 nitrogen and oxygen atoms in total. The molecule has 1 aromatic carbocycles. The van der Waals surface area contributed by atoms with Crippen LogP contribution in [0.25, 0.3) is 0 Å². The minimum absolute atomic E-state index is 0.320. The van der Waals surface area contributed by atoms with Crippen molar-refractivity contribution in [1.29, 1.82) is 0 Å². The summed E-state index contributed by atoms with van der Waals surface area (Å²) in [6, 6.07) is 4.07. The zero-order valence-corrected chi connectivity index (χ0v) is 14.0. The van der Waals surface area contributed by atoms with Crippen LogP contribution in [0.2, 0.25) is 5.02 Å². The Hall–Kier alpha value is -0.250. The van der Waals surface area contributed by atoms with Gasteiger partial charge in [-0.2, -0.15) is 0 Å². The highest BCUT2D eigenvalue weighted by Gasteiger charge is 2.32. The summed E-state index contributed by atoms with van der Waals surface area (Å²) in [5.41, 5.74) is 2.46. The first kappa shape index (κ1) is 14.7. The minimum atomic E-state index is 0.320. The van der Waals surface area contributed by atoms with Crippen LogP contribution in [-0.2, 0) is 11.2 Å². The van der Waals surface area contributed by atoms with Crippen LogP contribution in [0.5, 0.6) is 5.75 Å². The second kappa shape index (κ2) is 6.25. The summed E-state index contributed by atoms with van der Waals surface area (Å²) in [7, 11) is 0. The normalized spacial score (nSPS) is 25.8. The van der Waals surface area contributed by atoms with Crippen molar-refractivity contribution >= 4 is 27.5 Å². The first-order valence-electron chi connectivity index (χ1n) is 7.38. The second-order valence-electron chi connectivity index (χ2n) is 5.70. The maximum Gasteiger partial charge on any atom is 0.127 e. The first-order valence-corrected chi connectivity index (χ1v) is 8.67. The predicted molar refractivity (Wildman–Crippen MR) is 85.1 cm³/mol. The summed E-state index contributed by atoms with van der Waals surface area (Å²) < 4.78 is 11.4. The predicted octanol–water partition coefficient (Wildman–Crippen LogP) is 4.92. The van der Waals surface area contributed by atoms with Gasteiger partial charge in [0.2, 0.25) is 0 Å². The van der Waals surface area contributed by atoms with Crippen LogP contribution in [0, 0.1) is 5.92 Å². The Balaban J connectivity index is 1.65. The van der Waals surface area contributed by atoms with E-state index in [1.165, 1.54) is 24.0 Å². The van der Waals surface area contributed by atoms with Gasteiger partial charge in [-0.1, -0.05) is 27.5 Å². The van der Waals surface area contributed by atoms with Crippen LogP contribution in [0.4, 0.5) is 0 Å². The van der Waals surface area contributed by atoms with Crippen LogP contribution in [-0.4, -0.2) is 19.3 Å². The molecule has 1 aromatic rings. The van der Waals surface area contributed by atoms with E-state index in [4.69, 9.17) is 21.1 Å². The van der Waals surface area contributed by atoms with E-state index < -0.39 is 0 Å². The molecule has 0 N–H and O–H groups in total. The van der Waals surface area contributed by atoms with E-state index in [0.29, 0.717) is 10.9 Å². The molecule has 0 radical (unpaired) electrons. The number of ether oxygens (including phenoxy) is 2. The molecule has 4 heteroatoms. The molecule has 0 bridgehead atoms. The fourth-order valence-electron chi connectivity index (χ4n) is 3.19. The first-order chi connectivity index (χ1) is 9.67. The van der Waals surface area contributed by atoms with Gasteiger partial charge < -0.3 is 9.47 Å². The van der Waals surface area contributed by atoms with Crippen molar-refractivity contribution in [3.05, 3.63) is 28.3 Å². The summed E-state index contributed by atoms with van der Waals surface area (Å²) in [6.45, 7) is 3.66. The monoisotopic (exact) mass is 358 g/mol. The molecule has 20 heavy (non-hydrogen) atoms. The number of alkyl halides is 1.